The number of hydrogen-bond donors (Lipinski definition) is 0. The van der Waals surface area contributed by atoms with Gasteiger partial charge in [-0.15, -0.1) is 0 Å². The quantitative estimate of drug-likeness (QED) is 0.769. The van der Waals surface area contributed by atoms with Crippen LogP contribution in [0.1, 0.15) is 11.1 Å². The molecule has 0 fully saturated rings. The van der Waals surface area contributed by atoms with Gasteiger partial charge in [-0.25, -0.2) is 0 Å². The zero-order valence-corrected chi connectivity index (χ0v) is 12.5. The lowest BCUT2D eigenvalue weighted by molar-refractivity contribution is -0.137. The van der Waals surface area contributed by atoms with E-state index in [4.69, 9.17) is 10.5 Å². The SMILES string of the molecule is N#CC(C#N)=CN(Cc1ccccc1)c1cccc(C(F)(F)F)c1. The lowest BCUT2D eigenvalue weighted by atomic mass is 10.1. The Hall–Kier alpha value is -3.25. The number of alkyl halides is 3. The van der Waals surface area contributed by atoms with Crippen LogP contribution in [0.2, 0.25) is 0 Å². The predicted molar refractivity (Wildman–Crippen MR) is 83.4 cm³/mol. The molecule has 0 radical (unpaired) electrons. The number of hydrogen-bond acceptors (Lipinski definition) is 3. The Labute approximate surface area is 137 Å². The summed E-state index contributed by atoms with van der Waals surface area (Å²) in [4.78, 5) is 1.45. The molecule has 2 rings (SSSR count). The summed E-state index contributed by atoms with van der Waals surface area (Å²) in [7, 11) is 0. The van der Waals surface area contributed by atoms with Crippen LogP contribution in [0.5, 0.6) is 0 Å². The van der Waals surface area contributed by atoms with E-state index in [-0.39, 0.29) is 17.8 Å². The second kappa shape index (κ2) is 7.34. The van der Waals surface area contributed by atoms with E-state index in [9.17, 15) is 13.2 Å². The molecule has 0 heterocycles. The zero-order chi connectivity index (χ0) is 17.6. The molecule has 120 valence electrons. The van der Waals surface area contributed by atoms with Crippen molar-refractivity contribution < 1.29 is 13.2 Å². The molecule has 0 saturated carbocycles. The molecular formula is C18H12F3N3. The highest BCUT2D eigenvalue weighted by atomic mass is 19.4. The standard InChI is InChI=1S/C18H12F3N3/c19-18(20,21)16-7-4-8-17(9-16)24(13-15(10-22)11-23)12-14-5-2-1-3-6-14/h1-9,13H,12H2. The van der Waals surface area contributed by atoms with Gasteiger partial charge in [0.1, 0.15) is 17.7 Å². The minimum absolute atomic E-state index is 0.191. The highest BCUT2D eigenvalue weighted by Gasteiger charge is 2.30. The molecule has 3 nitrogen and oxygen atoms in total. The van der Waals surface area contributed by atoms with E-state index in [1.807, 2.05) is 18.2 Å². The van der Waals surface area contributed by atoms with Crippen LogP contribution in [0.3, 0.4) is 0 Å². The van der Waals surface area contributed by atoms with Crippen LogP contribution in [0.15, 0.2) is 66.4 Å². The van der Waals surface area contributed by atoms with E-state index in [1.165, 1.54) is 23.2 Å². The maximum Gasteiger partial charge on any atom is 0.416 e. The van der Waals surface area contributed by atoms with E-state index in [2.05, 4.69) is 0 Å². The molecular weight excluding hydrogens is 315 g/mol. The first kappa shape index (κ1) is 17.1. The molecule has 0 amide bonds. The molecule has 0 N–H and O–H groups in total. The molecule has 0 atom stereocenters. The molecule has 0 aliphatic carbocycles. The summed E-state index contributed by atoms with van der Waals surface area (Å²) in [5.41, 5.74) is 0.100. The molecule has 6 heteroatoms. The van der Waals surface area contributed by atoms with Crippen molar-refractivity contribution >= 4 is 5.69 Å². The normalized spacial score (nSPS) is 10.4. The van der Waals surface area contributed by atoms with Gasteiger partial charge in [-0.2, -0.15) is 23.7 Å². The van der Waals surface area contributed by atoms with E-state index in [0.29, 0.717) is 0 Å². The van der Waals surface area contributed by atoms with Gasteiger partial charge in [0.05, 0.1) is 5.56 Å². The third-order valence-electron chi connectivity index (χ3n) is 3.23. The summed E-state index contributed by atoms with van der Waals surface area (Å²) in [5, 5.41) is 17.8. The minimum atomic E-state index is -4.47. The van der Waals surface area contributed by atoms with E-state index in [1.54, 1.807) is 24.3 Å². The number of anilines is 1. The van der Waals surface area contributed by atoms with Crippen LogP contribution in [0.25, 0.3) is 0 Å². The lowest BCUT2D eigenvalue weighted by Crippen LogP contribution is -2.17. The van der Waals surface area contributed by atoms with Gasteiger partial charge in [0.15, 0.2) is 0 Å². The molecule has 0 spiro atoms. The third kappa shape index (κ3) is 4.37. The number of nitrogens with zero attached hydrogens (tertiary/aromatic N) is 3. The number of nitriles is 2. The van der Waals surface area contributed by atoms with Crippen LogP contribution in [0, 0.1) is 22.7 Å². The molecule has 0 aliphatic rings. The fourth-order valence-corrected chi connectivity index (χ4v) is 2.09. The maximum absolute atomic E-state index is 12.9. The monoisotopic (exact) mass is 327 g/mol. The van der Waals surface area contributed by atoms with Gasteiger partial charge in [-0.05, 0) is 23.8 Å². The Bertz CT molecular complexity index is 796. The topological polar surface area (TPSA) is 50.8 Å². The lowest BCUT2D eigenvalue weighted by Gasteiger charge is -2.22. The van der Waals surface area contributed by atoms with Crippen molar-refractivity contribution in [3.8, 4) is 12.1 Å². The fraction of sp³-hybridized carbons (Fsp3) is 0.111. The average Bonchev–Trinajstić information content (AvgIpc) is 2.59. The van der Waals surface area contributed by atoms with Crippen molar-refractivity contribution in [1.29, 1.82) is 10.5 Å². The smallest absolute Gasteiger partial charge is 0.341 e. The second-order valence-corrected chi connectivity index (χ2v) is 4.93. The molecule has 2 aromatic rings. The molecule has 2 aromatic carbocycles. The molecule has 0 aliphatic heterocycles. The summed E-state index contributed by atoms with van der Waals surface area (Å²) < 4.78 is 38.7. The number of halogens is 3. The number of benzene rings is 2. The van der Waals surface area contributed by atoms with Crippen molar-refractivity contribution in [3.05, 3.63) is 77.5 Å². The Morgan fingerprint density at radius 3 is 2.25 bits per heavy atom. The van der Waals surface area contributed by atoms with E-state index in [0.717, 1.165) is 17.7 Å². The third-order valence-corrected chi connectivity index (χ3v) is 3.23. The highest BCUT2D eigenvalue weighted by Crippen LogP contribution is 2.32. The van der Waals surface area contributed by atoms with Gasteiger partial charge >= 0.3 is 6.18 Å². The number of rotatable bonds is 4. The molecule has 24 heavy (non-hydrogen) atoms. The summed E-state index contributed by atoms with van der Waals surface area (Å²) in [6.45, 7) is 0.231. The predicted octanol–water partition coefficient (Wildman–Crippen LogP) is 4.64. The van der Waals surface area contributed by atoms with Crippen LogP contribution < -0.4 is 4.90 Å². The Morgan fingerprint density at radius 1 is 1.00 bits per heavy atom. The first-order valence-corrected chi connectivity index (χ1v) is 6.94. The van der Waals surface area contributed by atoms with Crippen LogP contribution >= 0.6 is 0 Å². The van der Waals surface area contributed by atoms with Crippen molar-refractivity contribution in [2.24, 2.45) is 0 Å². The van der Waals surface area contributed by atoms with Gasteiger partial charge < -0.3 is 4.90 Å². The molecule has 0 saturated heterocycles. The Balaban J connectivity index is 2.45. The Morgan fingerprint density at radius 2 is 1.67 bits per heavy atom. The summed E-state index contributed by atoms with van der Waals surface area (Å²) in [6, 6.07) is 17.3. The van der Waals surface area contributed by atoms with E-state index < -0.39 is 11.7 Å². The maximum atomic E-state index is 12.9. The molecule has 0 bridgehead atoms. The Kier molecular flexibility index (Phi) is 5.23. The van der Waals surface area contributed by atoms with Crippen molar-refractivity contribution in [3.63, 3.8) is 0 Å². The highest BCUT2D eigenvalue weighted by molar-refractivity contribution is 5.55. The summed E-state index contributed by atoms with van der Waals surface area (Å²) in [5.74, 6) is 0. The van der Waals surface area contributed by atoms with Gasteiger partial charge in [0.2, 0.25) is 0 Å². The van der Waals surface area contributed by atoms with Gasteiger partial charge in [-0.3, -0.25) is 0 Å². The van der Waals surface area contributed by atoms with Crippen LogP contribution in [-0.2, 0) is 12.7 Å². The summed E-state index contributed by atoms with van der Waals surface area (Å²) in [6.07, 6.45) is -3.21. The van der Waals surface area contributed by atoms with Crippen LogP contribution in [0.4, 0.5) is 18.9 Å². The second-order valence-electron chi connectivity index (χ2n) is 4.93. The average molecular weight is 327 g/mol. The first-order chi connectivity index (χ1) is 11.4. The van der Waals surface area contributed by atoms with Gasteiger partial charge in [0.25, 0.3) is 0 Å². The van der Waals surface area contributed by atoms with Crippen molar-refractivity contribution in [2.45, 2.75) is 12.7 Å². The largest absolute Gasteiger partial charge is 0.416 e. The molecule has 0 aromatic heterocycles. The number of allylic oxidation sites excluding steroid dienone is 1. The van der Waals surface area contributed by atoms with E-state index >= 15 is 0 Å². The zero-order valence-electron chi connectivity index (χ0n) is 12.5. The first-order valence-electron chi connectivity index (χ1n) is 6.94. The fourth-order valence-electron chi connectivity index (χ4n) is 2.09. The van der Waals surface area contributed by atoms with Crippen molar-refractivity contribution in [1.82, 2.24) is 0 Å². The van der Waals surface area contributed by atoms with Crippen molar-refractivity contribution in [2.75, 3.05) is 4.90 Å². The summed E-state index contributed by atoms with van der Waals surface area (Å²) >= 11 is 0. The van der Waals surface area contributed by atoms with Gasteiger partial charge in [0, 0.05) is 18.4 Å². The molecule has 0 unspecified atom stereocenters. The van der Waals surface area contributed by atoms with Gasteiger partial charge in [-0.1, -0.05) is 36.4 Å². The van der Waals surface area contributed by atoms with Crippen LogP contribution in [-0.4, -0.2) is 0 Å². The minimum Gasteiger partial charge on any atom is -0.341 e.